The summed E-state index contributed by atoms with van der Waals surface area (Å²) in [5, 5.41) is 2.77. The van der Waals surface area contributed by atoms with Gasteiger partial charge in [-0.25, -0.2) is 4.79 Å². The summed E-state index contributed by atoms with van der Waals surface area (Å²) in [4.78, 5) is 19.4. The lowest BCUT2D eigenvalue weighted by Crippen LogP contribution is -2.30. The minimum absolute atomic E-state index is 0.253. The fourth-order valence-electron chi connectivity index (χ4n) is 4.42. The first-order valence-corrected chi connectivity index (χ1v) is 11.8. The number of para-hydroxylation sites is 1. The Morgan fingerprint density at radius 2 is 1.73 bits per heavy atom. The molecule has 0 fully saturated rings. The summed E-state index contributed by atoms with van der Waals surface area (Å²) in [5.41, 5.74) is 4.32. The maximum Gasteiger partial charge on any atom is 0.417 e. The molecule has 2 heterocycles. The van der Waals surface area contributed by atoms with Crippen molar-refractivity contribution in [3.05, 3.63) is 114 Å². The van der Waals surface area contributed by atoms with Gasteiger partial charge in [0.2, 0.25) is 0 Å². The number of nitrogens with one attached hydrogen (secondary N) is 1. The summed E-state index contributed by atoms with van der Waals surface area (Å²) in [7, 11) is 0. The fraction of sp³-hybridized carbons (Fsp3) is 0.172. The molecule has 1 aliphatic heterocycles. The van der Waals surface area contributed by atoms with Gasteiger partial charge in [0.25, 0.3) is 0 Å². The van der Waals surface area contributed by atoms with Crippen LogP contribution in [0.2, 0.25) is 0 Å². The Morgan fingerprint density at radius 3 is 2.49 bits per heavy atom. The number of nitrogens with zero attached hydrogens (tertiary/aromatic N) is 2. The second kappa shape index (κ2) is 10.4. The predicted molar refractivity (Wildman–Crippen MR) is 135 cm³/mol. The molecule has 0 saturated carbocycles. The van der Waals surface area contributed by atoms with Crippen LogP contribution in [0.25, 0.3) is 11.1 Å². The van der Waals surface area contributed by atoms with Crippen molar-refractivity contribution in [3.63, 3.8) is 0 Å². The van der Waals surface area contributed by atoms with E-state index in [0.717, 1.165) is 43.9 Å². The third-order valence-electron chi connectivity index (χ3n) is 6.27. The molecular weight excluding hydrogens is 479 g/mol. The van der Waals surface area contributed by atoms with Crippen LogP contribution in [0.4, 0.5) is 23.7 Å². The molecule has 37 heavy (non-hydrogen) atoms. The molecule has 3 aromatic carbocycles. The van der Waals surface area contributed by atoms with Crippen molar-refractivity contribution in [1.82, 2.24) is 9.88 Å². The summed E-state index contributed by atoms with van der Waals surface area (Å²) >= 11 is 0. The van der Waals surface area contributed by atoms with Crippen LogP contribution in [0.5, 0.6) is 5.75 Å². The molecule has 4 aromatic rings. The lowest BCUT2D eigenvalue weighted by molar-refractivity contribution is -0.137. The molecule has 188 valence electrons. The van der Waals surface area contributed by atoms with E-state index < -0.39 is 17.8 Å². The Kier molecular flexibility index (Phi) is 6.92. The molecule has 5 nitrogen and oxygen atoms in total. The molecule has 0 spiro atoms. The minimum Gasteiger partial charge on any atom is -0.409 e. The zero-order valence-electron chi connectivity index (χ0n) is 19.8. The second-order valence-corrected chi connectivity index (χ2v) is 8.85. The standard InChI is InChI=1S/C29H24F3N3O2/c30-29(31,32)23-11-8-20(9-12-23)26-6-1-2-7-27(26)37-28(36)34-24-13-10-22-18-35(16-14-21(22)17-24)19-25-5-3-4-15-33-25/h1-13,15,17H,14,16,18-19H2,(H,34,36). The van der Waals surface area contributed by atoms with E-state index in [4.69, 9.17) is 4.74 Å². The Labute approximate surface area is 212 Å². The number of carbonyl (C=O) groups excluding carboxylic acids is 1. The molecule has 8 heteroatoms. The number of amides is 1. The second-order valence-electron chi connectivity index (χ2n) is 8.85. The van der Waals surface area contributed by atoms with Crippen molar-refractivity contribution in [2.45, 2.75) is 25.7 Å². The average molecular weight is 504 g/mol. The monoisotopic (exact) mass is 503 g/mol. The highest BCUT2D eigenvalue weighted by atomic mass is 19.4. The molecule has 0 saturated heterocycles. The van der Waals surface area contributed by atoms with Gasteiger partial charge in [-0.05, 0) is 65.6 Å². The SMILES string of the molecule is O=C(Nc1ccc2c(c1)CCN(Cc1ccccn1)C2)Oc1ccccc1-c1ccc(C(F)(F)F)cc1. The largest absolute Gasteiger partial charge is 0.417 e. The third-order valence-corrected chi connectivity index (χ3v) is 6.27. The van der Waals surface area contributed by atoms with E-state index >= 15 is 0 Å². The first-order valence-electron chi connectivity index (χ1n) is 11.8. The van der Waals surface area contributed by atoms with Crippen molar-refractivity contribution in [3.8, 4) is 16.9 Å². The number of carbonyl (C=O) groups is 1. The third kappa shape index (κ3) is 5.98. The number of aromatic nitrogens is 1. The van der Waals surface area contributed by atoms with Gasteiger partial charge < -0.3 is 4.74 Å². The Balaban J connectivity index is 1.24. The van der Waals surface area contributed by atoms with Crippen LogP contribution in [-0.2, 0) is 25.7 Å². The van der Waals surface area contributed by atoms with Crippen LogP contribution < -0.4 is 10.1 Å². The first kappa shape index (κ1) is 24.5. The van der Waals surface area contributed by atoms with Gasteiger partial charge in [-0.15, -0.1) is 0 Å². The number of ether oxygens (including phenoxy) is 1. The topological polar surface area (TPSA) is 54.5 Å². The highest BCUT2D eigenvalue weighted by Gasteiger charge is 2.30. The van der Waals surface area contributed by atoms with Gasteiger partial charge in [-0.1, -0.05) is 42.5 Å². The molecule has 0 radical (unpaired) electrons. The van der Waals surface area contributed by atoms with Gasteiger partial charge in [-0.2, -0.15) is 13.2 Å². The quantitative estimate of drug-likeness (QED) is 0.321. The van der Waals surface area contributed by atoms with E-state index in [9.17, 15) is 18.0 Å². The molecule has 1 amide bonds. The smallest absolute Gasteiger partial charge is 0.409 e. The number of anilines is 1. The van der Waals surface area contributed by atoms with Gasteiger partial charge >= 0.3 is 12.3 Å². The number of hydrogen-bond acceptors (Lipinski definition) is 4. The number of fused-ring (bicyclic) bond motifs is 1. The molecule has 1 aliphatic rings. The van der Waals surface area contributed by atoms with Crippen LogP contribution in [0, 0.1) is 0 Å². The summed E-state index contributed by atoms with van der Waals surface area (Å²) in [6, 6.07) is 23.2. The van der Waals surface area contributed by atoms with Crippen molar-refractivity contribution < 1.29 is 22.7 Å². The Morgan fingerprint density at radius 1 is 0.946 bits per heavy atom. The van der Waals surface area contributed by atoms with Gasteiger partial charge in [0.1, 0.15) is 5.75 Å². The molecular formula is C29H24F3N3O2. The number of hydrogen-bond donors (Lipinski definition) is 1. The molecule has 1 aromatic heterocycles. The lowest BCUT2D eigenvalue weighted by Gasteiger charge is -2.28. The normalized spacial score (nSPS) is 13.6. The number of pyridine rings is 1. The van der Waals surface area contributed by atoms with E-state index in [1.54, 1.807) is 30.5 Å². The summed E-state index contributed by atoms with van der Waals surface area (Å²) < 4.78 is 44.3. The molecule has 0 aliphatic carbocycles. The van der Waals surface area contributed by atoms with Crippen molar-refractivity contribution >= 4 is 11.8 Å². The van der Waals surface area contributed by atoms with E-state index in [1.165, 1.54) is 23.3 Å². The van der Waals surface area contributed by atoms with E-state index in [0.29, 0.717) is 16.8 Å². The van der Waals surface area contributed by atoms with Gasteiger partial charge in [0.15, 0.2) is 0 Å². The molecule has 0 bridgehead atoms. The number of benzene rings is 3. The van der Waals surface area contributed by atoms with Crippen LogP contribution in [0.3, 0.4) is 0 Å². The van der Waals surface area contributed by atoms with Crippen LogP contribution in [0.15, 0.2) is 91.1 Å². The highest BCUT2D eigenvalue weighted by molar-refractivity contribution is 5.88. The van der Waals surface area contributed by atoms with E-state index in [1.807, 2.05) is 36.4 Å². The van der Waals surface area contributed by atoms with Crippen molar-refractivity contribution in [2.24, 2.45) is 0 Å². The van der Waals surface area contributed by atoms with Crippen molar-refractivity contribution in [2.75, 3.05) is 11.9 Å². The van der Waals surface area contributed by atoms with Crippen LogP contribution >= 0.6 is 0 Å². The number of alkyl halides is 3. The average Bonchev–Trinajstić information content (AvgIpc) is 2.89. The molecule has 0 unspecified atom stereocenters. The zero-order chi connectivity index (χ0) is 25.8. The highest BCUT2D eigenvalue weighted by Crippen LogP contribution is 2.34. The van der Waals surface area contributed by atoms with Crippen LogP contribution in [0.1, 0.15) is 22.4 Å². The van der Waals surface area contributed by atoms with E-state index in [2.05, 4.69) is 15.2 Å². The maximum atomic E-state index is 12.9. The Bertz CT molecular complexity index is 1390. The Hall–Kier alpha value is -4.17. The fourth-order valence-corrected chi connectivity index (χ4v) is 4.42. The number of halogens is 3. The zero-order valence-corrected chi connectivity index (χ0v) is 19.8. The molecule has 0 atom stereocenters. The first-order chi connectivity index (χ1) is 17.8. The van der Waals surface area contributed by atoms with Crippen LogP contribution in [-0.4, -0.2) is 22.5 Å². The van der Waals surface area contributed by atoms with Crippen molar-refractivity contribution in [1.29, 1.82) is 0 Å². The summed E-state index contributed by atoms with van der Waals surface area (Å²) in [6.07, 6.45) is -2.44. The van der Waals surface area contributed by atoms with Gasteiger partial charge in [-0.3, -0.25) is 15.2 Å². The van der Waals surface area contributed by atoms with Gasteiger partial charge in [0, 0.05) is 37.1 Å². The predicted octanol–water partition coefficient (Wildman–Crippen LogP) is 6.94. The van der Waals surface area contributed by atoms with E-state index in [-0.39, 0.29) is 5.75 Å². The van der Waals surface area contributed by atoms with Gasteiger partial charge in [0.05, 0.1) is 11.3 Å². The molecule has 1 N–H and O–H groups in total. The minimum atomic E-state index is -4.42. The summed E-state index contributed by atoms with van der Waals surface area (Å²) in [6.45, 7) is 2.47. The lowest BCUT2D eigenvalue weighted by atomic mass is 9.99. The molecule has 5 rings (SSSR count). The summed E-state index contributed by atoms with van der Waals surface area (Å²) in [5.74, 6) is 0.253. The number of rotatable bonds is 5. The maximum absolute atomic E-state index is 12.9.